The van der Waals surface area contributed by atoms with Crippen LogP contribution in [0.3, 0.4) is 0 Å². The van der Waals surface area contributed by atoms with E-state index in [4.69, 9.17) is 4.74 Å². The summed E-state index contributed by atoms with van der Waals surface area (Å²) in [5.74, 6) is 0.560. The molecule has 5 nitrogen and oxygen atoms in total. The number of thiophene rings is 1. The molecule has 0 spiro atoms. The smallest absolute Gasteiger partial charge is 0.268 e. The van der Waals surface area contributed by atoms with E-state index >= 15 is 0 Å². The number of amides is 1. The largest absolute Gasteiger partial charge is 0.497 e. The standard InChI is InChI=1S/C23H20N2O3S/c1-15-5-10-20-16(12-15)13-17(22(26)24-20)14-25(23(27)21-4-3-11-29-21)18-6-8-19(28-2)9-7-18/h3-13H,14H2,1-2H3,(H,24,26). The molecule has 0 atom stereocenters. The van der Waals surface area contributed by atoms with Crippen LogP contribution in [0.5, 0.6) is 5.75 Å². The number of aromatic nitrogens is 1. The number of anilines is 1. The van der Waals surface area contributed by atoms with Crippen molar-refractivity contribution in [1.29, 1.82) is 0 Å². The third kappa shape index (κ3) is 3.93. The number of H-pyrrole nitrogens is 1. The molecule has 29 heavy (non-hydrogen) atoms. The Hall–Kier alpha value is -3.38. The lowest BCUT2D eigenvalue weighted by Gasteiger charge is -2.22. The van der Waals surface area contributed by atoms with E-state index in [9.17, 15) is 9.59 Å². The lowest BCUT2D eigenvalue weighted by molar-refractivity contribution is 0.0989. The number of ether oxygens (including phenoxy) is 1. The van der Waals surface area contributed by atoms with Gasteiger partial charge in [-0.15, -0.1) is 11.3 Å². The van der Waals surface area contributed by atoms with Gasteiger partial charge in [-0.2, -0.15) is 0 Å². The van der Waals surface area contributed by atoms with Gasteiger partial charge in [0, 0.05) is 16.8 Å². The zero-order chi connectivity index (χ0) is 20.4. The number of aromatic amines is 1. The number of nitrogens with zero attached hydrogens (tertiary/aromatic N) is 1. The second-order valence-corrected chi connectivity index (χ2v) is 7.73. The van der Waals surface area contributed by atoms with Gasteiger partial charge in [0.25, 0.3) is 11.5 Å². The molecule has 0 bridgehead atoms. The molecule has 0 radical (unpaired) electrons. The molecule has 2 aromatic carbocycles. The molecule has 6 heteroatoms. The summed E-state index contributed by atoms with van der Waals surface area (Å²) in [5, 5.41) is 2.81. The molecule has 4 rings (SSSR count). The molecule has 0 aliphatic rings. The monoisotopic (exact) mass is 404 g/mol. The lowest BCUT2D eigenvalue weighted by Crippen LogP contribution is -2.32. The van der Waals surface area contributed by atoms with Crippen molar-refractivity contribution in [3.63, 3.8) is 0 Å². The second kappa shape index (κ2) is 7.93. The lowest BCUT2D eigenvalue weighted by atomic mass is 10.1. The molecule has 0 aliphatic heterocycles. The first-order valence-corrected chi connectivity index (χ1v) is 10.0. The van der Waals surface area contributed by atoms with E-state index in [1.54, 1.807) is 30.2 Å². The highest BCUT2D eigenvalue weighted by Crippen LogP contribution is 2.25. The molecule has 2 heterocycles. The number of benzene rings is 2. The Morgan fingerprint density at radius 1 is 1.10 bits per heavy atom. The third-order valence-corrected chi connectivity index (χ3v) is 5.62. The van der Waals surface area contributed by atoms with Crippen molar-refractivity contribution in [2.24, 2.45) is 0 Å². The quantitative estimate of drug-likeness (QED) is 0.522. The van der Waals surface area contributed by atoms with Crippen LogP contribution < -0.4 is 15.2 Å². The topological polar surface area (TPSA) is 62.4 Å². The molecule has 0 saturated carbocycles. The Kier molecular flexibility index (Phi) is 5.18. The minimum Gasteiger partial charge on any atom is -0.497 e. The van der Waals surface area contributed by atoms with Gasteiger partial charge in [0.05, 0.1) is 18.5 Å². The van der Waals surface area contributed by atoms with Gasteiger partial charge < -0.3 is 14.6 Å². The summed E-state index contributed by atoms with van der Waals surface area (Å²) in [4.78, 5) is 31.0. The molecular weight excluding hydrogens is 384 g/mol. The number of nitrogens with one attached hydrogen (secondary N) is 1. The maximum atomic E-state index is 13.2. The number of carbonyl (C=O) groups excluding carboxylic acids is 1. The van der Waals surface area contributed by atoms with E-state index < -0.39 is 0 Å². The van der Waals surface area contributed by atoms with E-state index in [2.05, 4.69) is 4.98 Å². The number of rotatable bonds is 5. The predicted octanol–water partition coefficient (Wildman–Crippen LogP) is 4.75. The van der Waals surface area contributed by atoms with Crippen molar-refractivity contribution in [1.82, 2.24) is 4.98 Å². The maximum absolute atomic E-state index is 13.2. The minimum atomic E-state index is -0.196. The van der Waals surface area contributed by atoms with Gasteiger partial charge in [-0.05, 0) is 66.2 Å². The molecule has 0 aliphatic carbocycles. The normalized spacial score (nSPS) is 10.8. The summed E-state index contributed by atoms with van der Waals surface area (Å²) in [6.45, 7) is 2.18. The van der Waals surface area contributed by atoms with Gasteiger partial charge in [0.2, 0.25) is 0 Å². The van der Waals surface area contributed by atoms with Crippen LogP contribution in [0.1, 0.15) is 20.8 Å². The Balaban J connectivity index is 1.77. The third-order valence-electron chi connectivity index (χ3n) is 4.77. The number of pyridine rings is 1. The van der Waals surface area contributed by atoms with Crippen molar-refractivity contribution in [2.45, 2.75) is 13.5 Å². The average Bonchev–Trinajstić information content (AvgIpc) is 3.27. The fourth-order valence-electron chi connectivity index (χ4n) is 3.23. The predicted molar refractivity (Wildman–Crippen MR) is 117 cm³/mol. The number of hydrogen-bond donors (Lipinski definition) is 1. The van der Waals surface area contributed by atoms with Crippen molar-refractivity contribution < 1.29 is 9.53 Å². The first-order valence-electron chi connectivity index (χ1n) is 9.17. The summed E-state index contributed by atoms with van der Waals surface area (Å²) in [7, 11) is 1.60. The van der Waals surface area contributed by atoms with Crippen LogP contribution in [0.2, 0.25) is 0 Å². The van der Waals surface area contributed by atoms with E-state index in [1.165, 1.54) is 11.3 Å². The van der Waals surface area contributed by atoms with Gasteiger partial charge in [-0.3, -0.25) is 9.59 Å². The van der Waals surface area contributed by atoms with Crippen molar-refractivity contribution >= 4 is 33.8 Å². The number of aryl methyl sites for hydroxylation is 1. The highest BCUT2D eigenvalue weighted by atomic mass is 32.1. The Labute approximate surface area is 172 Å². The van der Waals surface area contributed by atoms with Gasteiger partial charge in [0.15, 0.2) is 0 Å². The molecule has 146 valence electrons. The zero-order valence-corrected chi connectivity index (χ0v) is 17.0. The number of carbonyl (C=O) groups is 1. The number of fused-ring (bicyclic) bond motifs is 1. The summed E-state index contributed by atoms with van der Waals surface area (Å²) in [5.41, 5.74) is 2.93. The van der Waals surface area contributed by atoms with E-state index in [0.717, 1.165) is 16.5 Å². The van der Waals surface area contributed by atoms with Gasteiger partial charge in [0.1, 0.15) is 5.75 Å². The average molecular weight is 404 g/mol. The van der Waals surface area contributed by atoms with Gasteiger partial charge >= 0.3 is 0 Å². The summed E-state index contributed by atoms with van der Waals surface area (Å²) in [6, 6.07) is 18.6. The van der Waals surface area contributed by atoms with Crippen molar-refractivity contribution in [3.8, 4) is 5.75 Å². The summed E-state index contributed by atoms with van der Waals surface area (Å²) < 4.78 is 5.22. The molecule has 0 unspecified atom stereocenters. The van der Waals surface area contributed by atoms with Crippen LogP contribution in [0.15, 0.2) is 70.8 Å². The minimum absolute atomic E-state index is 0.145. The molecule has 0 fully saturated rings. The van der Waals surface area contributed by atoms with E-state index in [1.807, 2.05) is 54.8 Å². The molecule has 1 amide bonds. The summed E-state index contributed by atoms with van der Waals surface area (Å²) in [6.07, 6.45) is 0. The van der Waals surface area contributed by atoms with Crippen LogP contribution in [0.4, 0.5) is 5.69 Å². The Bertz CT molecular complexity index is 1210. The molecule has 0 saturated heterocycles. The molecule has 1 N–H and O–H groups in total. The number of hydrogen-bond acceptors (Lipinski definition) is 4. The molecule has 2 aromatic heterocycles. The first kappa shape index (κ1) is 19.0. The fourth-order valence-corrected chi connectivity index (χ4v) is 3.91. The fraction of sp³-hybridized carbons (Fsp3) is 0.130. The van der Waals surface area contributed by atoms with Crippen molar-refractivity contribution in [2.75, 3.05) is 12.0 Å². The van der Waals surface area contributed by atoms with Gasteiger partial charge in [-0.1, -0.05) is 17.7 Å². The van der Waals surface area contributed by atoms with Crippen molar-refractivity contribution in [3.05, 3.63) is 92.4 Å². The highest BCUT2D eigenvalue weighted by molar-refractivity contribution is 7.12. The molecular formula is C23H20N2O3S. The Morgan fingerprint density at radius 2 is 1.90 bits per heavy atom. The van der Waals surface area contributed by atoms with Crippen LogP contribution >= 0.6 is 11.3 Å². The second-order valence-electron chi connectivity index (χ2n) is 6.78. The molecule has 4 aromatic rings. The van der Waals surface area contributed by atoms with E-state index in [0.29, 0.717) is 21.9 Å². The van der Waals surface area contributed by atoms with Crippen LogP contribution in [-0.2, 0) is 6.54 Å². The van der Waals surface area contributed by atoms with Gasteiger partial charge in [-0.25, -0.2) is 0 Å². The van der Waals surface area contributed by atoms with Crippen LogP contribution in [-0.4, -0.2) is 18.0 Å². The Morgan fingerprint density at radius 3 is 2.59 bits per heavy atom. The number of methoxy groups -OCH3 is 1. The first-order chi connectivity index (χ1) is 14.0. The summed E-state index contributed by atoms with van der Waals surface area (Å²) >= 11 is 1.38. The highest BCUT2D eigenvalue weighted by Gasteiger charge is 2.20. The SMILES string of the molecule is COc1ccc(N(Cc2cc3cc(C)ccc3[nH]c2=O)C(=O)c2cccs2)cc1. The van der Waals surface area contributed by atoms with E-state index in [-0.39, 0.29) is 18.0 Å². The maximum Gasteiger partial charge on any atom is 0.268 e. The van der Waals surface area contributed by atoms with Crippen LogP contribution in [0, 0.1) is 6.92 Å². The zero-order valence-electron chi connectivity index (χ0n) is 16.1. The van der Waals surface area contributed by atoms with Crippen LogP contribution in [0.25, 0.3) is 10.9 Å².